The lowest BCUT2D eigenvalue weighted by atomic mass is 9.92. The molecule has 142 valence electrons. The molecule has 5 rings (SSSR count). The molecule has 1 aliphatic heterocycles. The Balaban J connectivity index is 1.58. The van der Waals surface area contributed by atoms with Crippen molar-refractivity contribution in [1.29, 1.82) is 0 Å². The first kappa shape index (κ1) is 17.8. The number of rotatable bonds is 2. The highest BCUT2D eigenvalue weighted by atomic mass is 35.5. The van der Waals surface area contributed by atoms with Crippen LogP contribution in [0, 0.1) is 0 Å². The molecular formula is C23H26Cl2N2. The van der Waals surface area contributed by atoms with Crippen LogP contribution in [0.3, 0.4) is 0 Å². The number of aromatic nitrogens is 1. The van der Waals surface area contributed by atoms with Crippen LogP contribution in [0.4, 0.5) is 0 Å². The molecule has 27 heavy (non-hydrogen) atoms. The fourth-order valence-corrected chi connectivity index (χ4v) is 5.71. The van der Waals surface area contributed by atoms with Gasteiger partial charge in [-0.3, -0.25) is 4.90 Å². The van der Waals surface area contributed by atoms with Gasteiger partial charge in [0.2, 0.25) is 0 Å². The lowest BCUT2D eigenvalue weighted by molar-refractivity contribution is 0.104. The summed E-state index contributed by atoms with van der Waals surface area (Å²) in [6, 6.07) is 13.9. The minimum atomic E-state index is 0.517. The molecule has 0 bridgehead atoms. The van der Waals surface area contributed by atoms with Gasteiger partial charge < -0.3 is 4.57 Å². The van der Waals surface area contributed by atoms with Gasteiger partial charge in [-0.05, 0) is 68.6 Å². The Kier molecular flexibility index (Phi) is 4.83. The van der Waals surface area contributed by atoms with E-state index in [1.165, 1.54) is 73.3 Å². The first-order valence-electron chi connectivity index (χ1n) is 10.3. The molecule has 3 aromatic rings. The number of hydrogen-bond acceptors (Lipinski definition) is 1. The van der Waals surface area contributed by atoms with E-state index in [0.29, 0.717) is 6.04 Å². The lowest BCUT2D eigenvalue weighted by Gasteiger charge is -2.40. The van der Waals surface area contributed by atoms with Crippen molar-refractivity contribution >= 4 is 45.0 Å². The van der Waals surface area contributed by atoms with Crippen LogP contribution in [0.5, 0.6) is 0 Å². The van der Waals surface area contributed by atoms with E-state index in [-0.39, 0.29) is 0 Å². The van der Waals surface area contributed by atoms with Crippen LogP contribution in [-0.4, -0.2) is 28.6 Å². The average Bonchev–Trinajstić information content (AvgIpc) is 3.02. The molecule has 1 aromatic heterocycles. The Morgan fingerprint density at radius 1 is 0.704 bits per heavy atom. The van der Waals surface area contributed by atoms with Crippen LogP contribution in [0.15, 0.2) is 36.4 Å². The molecule has 1 atom stereocenters. The van der Waals surface area contributed by atoms with E-state index in [9.17, 15) is 0 Å². The molecule has 2 aromatic carbocycles. The van der Waals surface area contributed by atoms with E-state index in [1.54, 1.807) is 0 Å². The van der Waals surface area contributed by atoms with Gasteiger partial charge >= 0.3 is 0 Å². The Morgan fingerprint density at radius 2 is 1.30 bits per heavy atom. The van der Waals surface area contributed by atoms with E-state index < -0.39 is 0 Å². The van der Waals surface area contributed by atoms with Crippen molar-refractivity contribution in [2.75, 3.05) is 13.1 Å². The van der Waals surface area contributed by atoms with E-state index >= 15 is 0 Å². The van der Waals surface area contributed by atoms with Gasteiger partial charge in [-0.2, -0.15) is 0 Å². The molecule has 2 aliphatic rings. The highest BCUT2D eigenvalue weighted by Gasteiger charge is 2.29. The standard InChI is InChI=1S/C23H26Cl2N2/c24-16-8-10-22-20(13-16)21-14-17(25)9-11-23(21)27(22)19-7-4-12-26(15-19)18-5-2-1-3-6-18/h8-11,13-14,18-19H,1-7,12,15H2. The minimum Gasteiger partial charge on any atom is -0.336 e. The molecule has 0 radical (unpaired) electrons. The third-order valence-electron chi connectivity index (χ3n) is 6.61. The number of hydrogen-bond donors (Lipinski definition) is 0. The van der Waals surface area contributed by atoms with Crippen LogP contribution in [-0.2, 0) is 0 Å². The van der Waals surface area contributed by atoms with Crippen LogP contribution < -0.4 is 0 Å². The fraction of sp³-hybridized carbons (Fsp3) is 0.478. The molecule has 4 heteroatoms. The molecule has 0 amide bonds. The van der Waals surface area contributed by atoms with Crippen LogP contribution >= 0.6 is 23.2 Å². The molecular weight excluding hydrogens is 375 g/mol. The maximum Gasteiger partial charge on any atom is 0.0495 e. The van der Waals surface area contributed by atoms with Gasteiger partial charge in [0.05, 0.1) is 0 Å². The monoisotopic (exact) mass is 400 g/mol. The van der Waals surface area contributed by atoms with E-state index in [1.807, 2.05) is 12.1 Å². The quantitative estimate of drug-likeness (QED) is 0.446. The molecule has 1 saturated heterocycles. The van der Waals surface area contributed by atoms with Crippen molar-refractivity contribution < 1.29 is 0 Å². The number of piperidine rings is 1. The normalized spacial score (nSPS) is 22.7. The predicted molar refractivity (Wildman–Crippen MR) is 116 cm³/mol. The first-order chi connectivity index (χ1) is 13.2. The van der Waals surface area contributed by atoms with Crippen molar-refractivity contribution in [3.05, 3.63) is 46.4 Å². The molecule has 1 aliphatic carbocycles. The van der Waals surface area contributed by atoms with E-state index in [2.05, 4.69) is 33.7 Å². The maximum atomic E-state index is 6.33. The van der Waals surface area contributed by atoms with Crippen molar-refractivity contribution in [2.24, 2.45) is 0 Å². The Morgan fingerprint density at radius 3 is 1.93 bits per heavy atom. The van der Waals surface area contributed by atoms with Gasteiger partial charge in [0.15, 0.2) is 0 Å². The summed E-state index contributed by atoms with van der Waals surface area (Å²) in [5, 5.41) is 4.01. The predicted octanol–water partition coefficient (Wildman–Crippen LogP) is 7.07. The Bertz CT molecular complexity index is 912. The SMILES string of the molecule is Clc1ccc2c(c1)c1cc(Cl)ccc1n2C1CCCN(C2CCCCC2)C1. The van der Waals surface area contributed by atoms with Gasteiger partial charge in [0, 0.05) is 50.5 Å². The summed E-state index contributed by atoms with van der Waals surface area (Å²) in [6.45, 7) is 2.42. The summed E-state index contributed by atoms with van der Waals surface area (Å²) in [4.78, 5) is 2.77. The first-order valence-corrected chi connectivity index (χ1v) is 11.1. The number of nitrogens with zero attached hydrogens (tertiary/aromatic N) is 2. The second kappa shape index (κ2) is 7.31. The van der Waals surface area contributed by atoms with Gasteiger partial charge in [-0.25, -0.2) is 0 Å². The second-order valence-corrected chi connectivity index (χ2v) is 9.15. The second-order valence-electron chi connectivity index (χ2n) is 8.28. The molecule has 1 unspecified atom stereocenters. The van der Waals surface area contributed by atoms with Crippen molar-refractivity contribution in [3.8, 4) is 0 Å². The summed E-state index contributed by atoms with van der Waals surface area (Å²) in [6.07, 6.45) is 9.51. The van der Waals surface area contributed by atoms with E-state index in [0.717, 1.165) is 22.6 Å². The summed E-state index contributed by atoms with van der Waals surface area (Å²) >= 11 is 12.7. The van der Waals surface area contributed by atoms with Crippen molar-refractivity contribution in [2.45, 2.75) is 57.0 Å². The lowest BCUT2D eigenvalue weighted by Crippen LogP contribution is -2.44. The maximum absolute atomic E-state index is 6.33. The Labute approximate surface area is 171 Å². The molecule has 1 saturated carbocycles. The van der Waals surface area contributed by atoms with Crippen molar-refractivity contribution in [3.63, 3.8) is 0 Å². The molecule has 2 heterocycles. The minimum absolute atomic E-state index is 0.517. The third-order valence-corrected chi connectivity index (χ3v) is 7.08. The number of benzene rings is 2. The molecule has 2 fully saturated rings. The zero-order valence-corrected chi connectivity index (χ0v) is 17.1. The third kappa shape index (κ3) is 3.26. The van der Waals surface area contributed by atoms with Crippen LogP contribution in [0.1, 0.15) is 51.0 Å². The average molecular weight is 401 g/mol. The summed E-state index contributed by atoms with van der Waals surface area (Å²) in [7, 11) is 0. The van der Waals surface area contributed by atoms with Gasteiger partial charge in [0.1, 0.15) is 0 Å². The fourth-order valence-electron chi connectivity index (χ4n) is 5.36. The van der Waals surface area contributed by atoms with Gasteiger partial charge in [-0.15, -0.1) is 0 Å². The molecule has 2 nitrogen and oxygen atoms in total. The number of halogens is 2. The number of fused-ring (bicyclic) bond motifs is 3. The van der Waals surface area contributed by atoms with Crippen LogP contribution in [0.25, 0.3) is 21.8 Å². The zero-order valence-electron chi connectivity index (χ0n) is 15.6. The largest absolute Gasteiger partial charge is 0.336 e. The van der Waals surface area contributed by atoms with Gasteiger partial charge in [-0.1, -0.05) is 42.5 Å². The van der Waals surface area contributed by atoms with Crippen molar-refractivity contribution in [1.82, 2.24) is 9.47 Å². The summed E-state index contributed by atoms with van der Waals surface area (Å²) < 4.78 is 2.56. The topological polar surface area (TPSA) is 8.17 Å². The summed E-state index contributed by atoms with van der Waals surface area (Å²) in [5.74, 6) is 0. The van der Waals surface area contributed by atoms with Crippen LogP contribution in [0.2, 0.25) is 10.0 Å². The van der Waals surface area contributed by atoms with Gasteiger partial charge in [0.25, 0.3) is 0 Å². The highest BCUT2D eigenvalue weighted by Crippen LogP contribution is 2.38. The smallest absolute Gasteiger partial charge is 0.0495 e. The molecule has 0 spiro atoms. The zero-order chi connectivity index (χ0) is 18.4. The highest BCUT2D eigenvalue weighted by molar-refractivity contribution is 6.33. The molecule has 0 N–H and O–H groups in total. The Hall–Kier alpha value is -1.22. The summed E-state index contributed by atoms with van der Waals surface area (Å²) in [5.41, 5.74) is 2.57. The number of likely N-dealkylation sites (tertiary alicyclic amines) is 1. The van der Waals surface area contributed by atoms with E-state index in [4.69, 9.17) is 23.2 Å².